The Morgan fingerprint density at radius 1 is 1.57 bits per heavy atom. The van der Waals surface area contributed by atoms with E-state index < -0.39 is 5.97 Å². The van der Waals surface area contributed by atoms with E-state index in [1.54, 1.807) is 0 Å². The SMILES string of the molecule is C=CC[N+](C)(C)CCO.CCC(=O)[O-]. The lowest BCUT2D eigenvalue weighted by molar-refractivity contribution is -0.884. The Kier molecular flexibility index (Phi) is 9.71. The molecular weight excluding hydrogens is 182 g/mol. The van der Waals surface area contributed by atoms with Crippen LogP contribution in [0, 0.1) is 0 Å². The Balaban J connectivity index is 0. The summed E-state index contributed by atoms with van der Waals surface area (Å²) in [6.07, 6.45) is 1.98. The molecule has 0 saturated carbocycles. The van der Waals surface area contributed by atoms with Gasteiger partial charge in [0.15, 0.2) is 0 Å². The lowest BCUT2D eigenvalue weighted by Crippen LogP contribution is -2.41. The molecule has 0 heterocycles. The fraction of sp³-hybridized carbons (Fsp3) is 0.700. The van der Waals surface area contributed by atoms with Gasteiger partial charge in [-0.25, -0.2) is 0 Å². The average molecular weight is 203 g/mol. The zero-order chi connectivity index (χ0) is 11.6. The van der Waals surface area contributed by atoms with Gasteiger partial charge in [0.05, 0.1) is 27.2 Å². The zero-order valence-corrected chi connectivity index (χ0v) is 9.32. The topological polar surface area (TPSA) is 60.4 Å². The Bertz CT molecular complexity index is 167. The molecule has 0 aromatic rings. The van der Waals surface area contributed by atoms with E-state index in [4.69, 9.17) is 5.11 Å². The molecule has 14 heavy (non-hydrogen) atoms. The maximum absolute atomic E-state index is 9.26. The molecule has 4 nitrogen and oxygen atoms in total. The molecule has 0 rings (SSSR count). The Morgan fingerprint density at radius 3 is 2.21 bits per heavy atom. The maximum Gasteiger partial charge on any atom is 0.102 e. The summed E-state index contributed by atoms with van der Waals surface area (Å²) in [6, 6.07) is 0. The highest BCUT2D eigenvalue weighted by Gasteiger charge is 2.09. The van der Waals surface area contributed by atoms with E-state index in [9.17, 15) is 9.90 Å². The van der Waals surface area contributed by atoms with Crippen molar-refractivity contribution in [2.45, 2.75) is 13.3 Å². The van der Waals surface area contributed by atoms with E-state index in [1.165, 1.54) is 6.92 Å². The van der Waals surface area contributed by atoms with E-state index in [0.717, 1.165) is 17.6 Å². The standard InChI is InChI=1S/C7H16NO.C3H6O2/c1-4-5-8(2,3)6-7-9;1-2-3(4)5/h4,9H,1,5-7H2,2-3H3;2H2,1H3,(H,4,5)/q+1;/p-1. The van der Waals surface area contributed by atoms with Crippen LogP contribution in [0.15, 0.2) is 12.7 Å². The second-order valence-corrected chi connectivity index (χ2v) is 3.58. The highest BCUT2D eigenvalue weighted by atomic mass is 16.4. The minimum absolute atomic E-state index is 0.111. The first-order valence-corrected chi connectivity index (χ1v) is 4.63. The van der Waals surface area contributed by atoms with Crippen LogP contribution in [-0.2, 0) is 4.79 Å². The second kappa shape index (κ2) is 8.72. The number of rotatable bonds is 5. The third-order valence-electron chi connectivity index (χ3n) is 1.62. The lowest BCUT2D eigenvalue weighted by Gasteiger charge is -2.26. The second-order valence-electron chi connectivity index (χ2n) is 3.58. The molecular formula is C10H21NO3. The molecule has 0 aromatic heterocycles. The van der Waals surface area contributed by atoms with Crippen molar-refractivity contribution in [2.24, 2.45) is 0 Å². The zero-order valence-electron chi connectivity index (χ0n) is 9.32. The van der Waals surface area contributed by atoms with E-state index in [-0.39, 0.29) is 13.0 Å². The van der Waals surface area contributed by atoms with Crippen molar-refractivity contribution in [1.82, 2.24) is 0 Å². The number of aliphatic hydroxyl groups is 1. The van der Waals surface area contributed by atoms with Crippen molar-refractivity contribution >= 4 is 5.97 Å². The number of hydrogen-bond donors (Lipinski definition) is 1. The fourth-order valence-electron chi connectivity index (χ4n) is 0.711. The number of nitrogens with zero attached hydrogens (tertiary/aromatic N) is 1. The van der Waals surface area contributed by atoms with Crippen LogP contribution in [0.25, 0.3) is 0 Å². The molecule has 0 amide bonds. The molecule has 0 unspecified atom stereocenters. The van der Waals surface area contributed by atoms with Gasteiger partial charge in [0.25, 0.3) is 0 Å². The molecule has 0 aliphatic heterocycles. The minimum Gasteiger partial charge on any atom is -0.550 e. The summed E-state index contributed by atoms with van der Waals surface area (Å²) in [7, 11) is 4.13. The number of carboxylic acid groups (broad SMARTS) is 1. The molecule has 0 radical (unpaired) electrons. The van der Waals surface area contributed by atoms with Gasteiger partial charge in [-0.3, -0.25) is 0 Å². The number of aliphatic carboxylic acids is 1. The smallest absolute Gasteiger partial charge is 0.102 e. The molecule has 84 valence electrons. The third kappa shape index (κ3) is 13.7. The van der Waals surface area contributed by atoms with Crippen molar-refractivity contribution < 1.29 is 19.5 Å². The largest absolute Gasteiger partial charge is 0.550 e. The first-order chi connectivity index (χ1) is 6.39. The van der Waals surface area contributed by atoms with Crippen molar-refractivity contribution in [2.75, 3.05) is 33.8 Å². The van der Waals surface area contributed by atoms with Crippen LogP contribution >= 0.6 is 0 Å². The molecule has 4 heteroatoms. The van der Waals surface area contributed by atoms with Crippen LogP contribution in [0.1, 0.15) is 13.3 Å². The highest BCUT2D eigenvalue weighted by Crippen LogP contribution is 1.93. The van der Waals surface area contributed by atoms with Gasteiger partial charge in [-0.05, 0) is 12.5 Å². The summed E-state index contributed by atoms with van der Waals surface area (Å²) >= 11 is 0. The van der Waals surface area contributed by atoms with Crippen LogP contribution in [0.2, 0.25) is 0 Å². The number of carboxylic acids is 1. The normalized spacial score (nSPS) is 10.0. The summed E-state index contributed by atoms with van der Waals surface area (Å²) in [5, 5.41) is 17.8. The molecule has 1 N–H and O–H groups in total. The molecule has 0 aliphatic carbocycles. The van der Waals surface area contributed by atoms with E-state index >= 15 is 0 Å². The fourth-order valence-corrected chi connectivity index (χ4v) is 0.711. The van der Waals surface area contributed by atoms with Crippen LogP contribution in [0.5, 0.6) is 0 Å². The minimum atomic E-state index is -0.995. The van der Waals surface area contributed by atoms with Gasteiger partial charge in [0.2, 0.25) is 0 Å². The van der Waals surface area contributed by atoms with Gasteiger partial charge in [0, 0.05) is 5.97 Å². The quantitative estimate of drug-likeness (QED) is 0.479. The van der Waals surface area contributed by atoms with Gasteiger partial charge >= 0.3 is 0 Å². The van der Waals surface area contributed by atoms with Crippen LogP contribution < -0.4 is 5.11 Å². The van der Waals surface area contributed by atoms with Crippen molar-refractivity contribution in [3.63, 3.8) is 0 Å². The van der Waals surface area contributed by atoms with Crippen molar-refractivity contribution in [3.8, 4) is 0 Å². The van der Waals surface area contributed by atoms with Gasteiger partial charge in [-0.15, -0.1) is 0 Å². The Hall–Kier alpha value is -0.870. The molecule has 0 spiro atoms. The Labute approximate surface area is 86.1 Å². The average Bonchev–Trinajstić information content (AvgIpc) is 2.05. The molecule has 0 bridgehead atoms. The number of quaternary nitrogens is 1. The van der Waals surface area contributed by atoms with Crippen molar-refractivity contribution in [1.29, 1.82) is 0 Å². The predicted molar refractivity (Wildman–Crippen MR) is 54.4 cm³/mol. The van der Waals surface area contributed by atoms with Gasteiger partial charge in [0.1, 0.15) is 6.54 Å². The monoisotopic (exact) mass is 203 g/mol. The summed E-state index contributed by atoms with van der Waals surface area (Å²) < 4.78 is 0.819. The number of carbonyl (C=O) groups excluding carboxylic acids is 1. The van der Waals surface area contributed by atoms with Crippen LogP contribution in [0.3, 0.4) is 0 Å². The Morgan fingerprint density at radius 2 is 2.00 bits per heavy atom. The van der Waals surface area contributed by atoms with Crippen LogP contribution in [-0.4, -0.2) is 49.4 Å². The lowest BCUT2D eigenvalue weighted by atomic mass is 10.4. The summed E-state index contributed by atoms with van der Waals surface area (Å²) in [5.41, 5.74) is 0. The van der Waals surface area contributed by atoms with E-state index in [0.29, 0.717) is 0 Å². The summed E-state index contributed by atoms with van der Waals surface area (Å²) in [5.74, 6) is -0.995. The van der Waals surface area contributed by atoms with E-state index in [1.807, 2.05) is 6.08 Å². The first-order valence-electron chi connectivity index (χ1n) is 4.63. The molecule has 0 fully saturated rings. The van der Waals surface area contributed by atoms with Crippen molar-refractivity contribution in [3.05, 3.63) is 12.7 Å². The van der Waals surface area contributed by atoms with E-state index in [2.05, 4.69) is 20.7 Å². The number of carbonyl (C=O) groups is 1. The molecule has 0 saturated heterocycles. The number of hydrogen-bond acceptors (Lipinski definition) is 3. The highest BCUT2D eigenvalue weighted by molar-refractivity contribution is 5.63. The summed E-state index contributed by atoms with van der Waals surface area (Å²) in [4.78, 5) is 9.26. The maximum atomic E-state index is 9.26. The molecule has 0 atom stereocenters. The number of likely N-dealkylation sites (N-methyl/N-ethyl adjacent to an activating group) is 1. The predicted octanol–water partition coefficient (Wildman–Crippen LogP) is -0.613. The van der Waals surface area contributed by atoms with Gasteiger partial charge in [-0.1, -0.05) is 13.5 Å². The van der Waals surface area contributed by atoms with Crippen LogP contribution in [0.4, 0.5) is 0 Å². The van der Waals surface area contributed by atoms with Gasteiger partial charge < -0.3 is 19.5 Å². The first kappa shape index (κ1) is 15.6. The molecule has 0 aliphatic rings. The summed E-state index contributed by atoms with van der Waals surface area (Å²) in [6.45, 7) is 7.13. The number of aliphatic hydroxyl groups excluding tert-OH is 1. The molecule has 0 aromatic carbocycles. The van der Waals surface area contributed by atoms with Gasteiger partial charge in [-0.2, -0.15) is 0 Å². The third-order valence-corrected chi connectivity index (χ3v) is 1.62.